The van der Waals surface area contributed by atoms with E-state index in [1.165, 1.54) is 0 Å². The molecule has 4 nitrogen and oxygen atoms in total. The molecule has 0 amide bonds. The van der Waals surface area contributed by atoms with Crippen LogP contribution in [0.25, 0.3) is 0 Å². The van der Waals surface area contributed by atoms with Crippen LogP contribution in [0.1, 0.15) is 30.0 Å². The van der Waals surface area contributed by atoms with Gasteiger partial charge in [-0.15, -0.1) is 0 Å². The van der Waals surface area contributed by atoms with Crippen LogP contribution in [0.4, 0.5) is 0 Å². The van der Waals surface area contributed by atoms with Gasteiger partial charge in [0.05, 0.1) is 10.5 Å². The first-order valence-corrected chi connectivity index (χ1v) is 9.75. The van der Waals surface area contributed by atoms with E-state index in [4.69, 9.17) is 0 Å². The second-order valence-corrected chi connectivity index (χ2v) is 8.49. The highest BCUT2D eigenvalue weighted by Gasteiger charge is 2.25. The quantitative estimate of drug-likeness (QED) is 0.805. The molecule has 0 aliphatic rings. The smallest absolute Gasteiger partial charge is 0.240 e. The van der Waals surface area contributed by atoms with Crippen LogP contribution in [0.5, 0.6) is 0 Å². The summed E-state index contributed by atoms with van der Waals surface area (Å²) in [7, 11) is -3.61. The molecular formula is C15H25NO3S2. The van der Waals surface area contributed by atoms with E-state index in [-0.39, 0.29) is 11.4 Å². The molecule has 1 aromatic rings. The number of aliphatic hydroxyl groups is 1. The van der Waals surface area contributed by atoms with Gasteiger partial charge in [-0.1, -0.05) is 6.07 Å². The number of sulfonamides is 1. The van der Waals surface area contributed by atoms with E-state index in [9.17, 15) is 13.5 Å². The van der Waals surface area contributed by atoms with E-state index in [0.29, 0.717) is 12.0 Å². The van der Waals surface area contributed by atoms with Crippen LogP contribution in [-0.2, 0) is 10.0 Å². The monoisotopic (exact) mass is 331 g/mol. The molecule has 2 N–H and O–H groups in total. The highest BCUT2D eigenvalue weighted by atomic mass is 32.2. The molecule has 6 heteroatoms. The van der Waals surface area contributed by atoms with Gasteiger partial charge in [0, 0.05) is 6.54 Å². The van der Waals surface area contributed by atoms with Crippen molar-refractivity contribution in [3.8, 4) is 0 Å². The number of hydrogen-bond donors (Lipinski definition) is 2. The van der Waals surface area contributed by atoms with Crippen LogP contribution < -0.4 is 4.72 Å². The van der Waals surface area contributed by atoms with Crippen molar-refractivity contribution in [2.75, 3.05) is 18.6 Å². The van der Waals surface area contributed by atoms with Crippen molar-refractivity contribution in [2.45, 2.75) is 44.6 Å². The highest BCUT2D eigenvalue weighted by Crippen LogP contribution is 2.20. The Bertz CT molecular complexity index is 595. The molecule has 0 fully saturated rings. The first kappa shape index (κ1) is 18.5. The van der Waals surface area contributed by atoms with Gasteiger partial charge in [-0.25, -0.2) is 13.1 Å². The standard InChI is InChI=1S/C15H25NO3S2/c1-11-8-13(3)14(9-12(11)2)21(18,19)16-10-15(4,17)6-7-20-5/h8-9,16-17H,6-7,10H2,1-5H3/t15-/m0/s1. The topological polar surface area (TPSA) is 66.4 Å². The second kappa shape index (κ2) is 7.13. The van der Waals surface area contributed by atoms with E-state index in [2.05, 4.69) is 4.72 Å². The van der Waals surface area contributed by atoms with Crippen molar-refractivity contribution >= 4 is 21.8 Å². The highest BCUT2D eigenvalue weighted by molar-refractivity contribution is 7.98. The lowest BCUT2D eigenvalue weighted by molar-refractivity contribution is 0.0626. The van der Waals surface area contributed by atoms with Gasteiger partial charge in [0.25, 0.3) is 0 Å². The van der Waals surface area contributed by atoms with E-state index in [1.54, 1.807) is 31.7 Å². The summed E-state index contributed by atoms with van der Waals surface area (Å²) < 4.78 is 27.3. The summed E-state index contributed by atoms with van der Waals surface area (Å²) >= 11 is 1.63. The lowest BCUT2D eigenvalue weighted by Crippen LogP contribution is -2.41. The molecule has 0 aliphatic carbocycles. The number of aryl methyl sites for hydroxylation is 3. The van der Waals surface area contributed by atoms with E-state index >= 15 is 0 Å². The third kappa shape index (κ3) is 5.29. The molecule has 120 valence electrons. The predicted molar refractivity (Wildman–Crippen MR) is 89.5 cm³/mol. The van der Waals surface area contributed by atoms with Crippen LogP contribution in [-0.4, -0.2) is 37.7 Å². The summed E-state index contributed by atoms with van der Waals surface area (Å²) in [5.41, 5.74) is 1.69. The maximum atomic E-state index is 12.4. The van der Waals surface area contributed by atoms with Gasteiger partial charge in [-0.05, 0) is 68.9 Å². The lowest BCUT2D eigenvalue weighted by atomic mass is 10.1. The van der Waals surface area contributed by atoms with Crippen LogP contribution in [0.3, 0.4) is 0 Å². The molecule has 0 bridgehead atoms. The molecule has 0 spiro atoms. The number of benzene rings is 1. The van der Waals surface area contributed by atoms with E-state index in [1.807, 2.05) is 26.2 Å². The molecule has 0 aliphatic heterocycles. The third-order valence-electron chi connectivity index (χ3n) is 3.57. The summed E-state index contributed by atoms with van der Waals surface area (Å²) in [6, 6.07) is 3.55. The normalized spacial score (nSPS) is 15.0. The van der Waals surface area contributed by atoms with Crippen molar-refractivity contribution in [2.24, 2.45) is 0 Å². The zero-order chi connectivity index (χ0) is 16.3. The molecule has 0 saturated heterocycles. The SMILES string of the molecule is CSCC[C@](C)(O)CNS(=O)(=O)c1cc(C)c(C)cc1C. The third-order valence-corrected chi connectivity index (χ3v) is 5.72. The second-order valence-electron chi connectivity index (χ2n) is 5.77. The Labute approximate surface area is 132 Å². The molecule has 1 atom stereocenters. The van der Waals surface area contributed by atoms with E-state index < -0.39 is 15.6 Å². The Morgan fingerprint density at radius 1 is 1.19 bits per heavy atom. The maximum absolute atomic E-state index is 12.4. The molecule has 0 aromatic heterocycles. The molecule has 0 heterocycles. The van der Waals surface area contributed by atoms with Crippen molar-refractivity contribution in [1.29, 1.82) is 0 Å². The van der Waals surface area contributed by atoms with Crippen molar-refractivity contribution < 1.29 is 13.5 Å². The molecule has 1 rings (SSSR count). The zero-order valence-corrected chi connectivity index (χ0v) is 15.0. The fraction of sp³-hybridized carbons (Fsp3) is 0.600. The van der Waals surface area contributed by atoms with Crippen LogP contribution in [0.15, 0.2) is 17.0 Å². The fourth-order valence-electron chi connectivity index (χ4n) is 1.96. The first-order chi connectivity index (χ1) is 9.59. The van der Waals surface area contributed by atoms with Crippen LogP contribution >= 0.6 is 11.8 Å². The zero-order valence-electron chi connectivity index (χ0n) is 13.4. The van der Waals surface area contributed by atoms with Gasteiger partial charge in [-0.2, -0.15) is 11.8 Å². The van der Waals surface area contributed by atoms with Crippen molar-refractivity contribution in [1.82, 2.24) is 4.72 Å². The summed E-state index contributed by atoms with van der Waals surface area (Å²) in [5.74, 6) is 0.789. The van der Waals surface area contributed by atoms with Gasteiger partial charge in [0.2, 0.25) is 10.0 Å². The average Bonchev–Trinajstić information content (AvgIpc) is 2.38. The minimum Gasteiger partial charge on any atom is -0.389 e. The van der Waals surface area contributed by atoms with Gasteiger partial charge in [-0.3, -0.25) is 0 Å². The summed E-state index contributed by atoms with van der Waals surface area (Å²) in [6.07, 6.45) is 2.50. The Kier molecular flexibility index (Phi) is 6.28. The largest absolute Gasteiger partial charge is 0.389 e. The van der Waals surface area contributed by atoms with Gasteiger partial charge >= 0.3 is 0 Å². The minimum atomic E-state index is -3.61. The van der Waals surface area contributed by atoms with Crippen LogP contribution in [0.2, 0.25) is 0 Å². The lowest BCUT2D eigenvalue weighted by Gasteiger charge is -2.23. The first-order valence-electron chi connectivity index (χ1n) is 6.88. The molecule has 0 radical (unpaired) electrons. The number of rotatable bonds is 7. The minimum absolute atomic E-state index is 0.0161. The Morgan fingerprint density at radius 2 is 1.76 bits per heavy atom. The molecule has 0 saturated carbocycles. The number of nitrogens with one attached hydrogen (secondary N) is 1. The predicted octanol–water partition coefficient (Wildman–Crippen LogP) is 2.39. The summed E-state index contributed by atoms with van der Waals surface area (Å²) in [6.45, 7) is 7.30. The van der Waals surface area contributed by atoms with Crippen molar-refractivity contribution in [3.63, 3.8) is 0 Å². The van der Waals surface area contributed by atoms with Crippen LogP contribution in [0, 0.1) is 20.8 Å². The average molecular weight is 332 g/mol. The number of hydrogen-bond acceptors (Lipinski definition) is 4. The molecule has 1 aromatic carbocycles. The Morgan fingerprint density at radius 3 is 2.33 bits per heavy atom. The summed E-state index contributed by atoms with van der Waals surface area (Å²) in [4.78, 5) is 0.284. The number of thioether (sulfide) groups is 1. The van der Waals surface area contributed by atoms with Gasteiger partial charge in [0.1, 0.15) is 0 Å². The Hall–Kier alpha value is -0.560. The molecule has 0 unspecified atom stereocenters. The van der Waals surface area contributed by atoms with Gasteiger partial charge < -0.3 is 5.11 Å². The maximum Gasteiger partial charge on any atom is 0.240 e. The fourth-order valence-corrected chi connectivity index (χ4v) is 4.08. The molecule has 21 heavy (non-hydrogen) atoms. The van der Waals surface area contributed by atoms with Gasteiger partial charge in [0.15, 0.2) is 0 Å². The molecular weight excluding hydrogens is 306 g/mol. The van der Waals surface area contributed by atoms with Crippen molar-refractivity contribution in [3.05, 3.63) is 28.8 Å². The van der Waals surface area contributed by atoms with E-state index in [0.717, 1.165) is 16.9 Å². The Balaban J connectivity index is 2.90. The summed E-state index contributed by atoms with van der Waals surface area (Å²) in [5, 5.41) is 10.2.